The maximum atomic E-state index is 12.6. The zero-order chi connectivity index (χ0) is 17.2. The molecular formula is C19H27N3O3. The van der Waals surface area contributed by atoms with Crippen LogP contribution in [0, 0.1) is 0 Å². The number of carbonyl (C=O) groups is 1. The van der Waals surface area contributed by atoms with E-state index in [1.165, 1.54) is 0 Å². The number of rotatable bonds is 4. The fourth-order valence-electron chi connectivity index (χ4n) is 3.79. The smallest absolute Gasteiger partial charge is 0.251 e. The van der Waals surface area contributed by atoms with Gasteiger partial charge in [0.25, 0.3) is 5.91 Å². The first-order valence-corrected chi connectivity index (χ1v) is 9.33. The highest BCUT2D eigenvalue weighted by atomic mass is 16.5. The summed E-state index contributed by atoms with van der Waals surface area (Å²) in [6.07, 6.45) is 4.29. The van der Waals surface area contributed by atoms with Gasteiger partial charge < -0.3 is 25.0 Å². The highest BCUT2D eigenvalue weighted by Gasteiger charge is 2.34. The van der Waals surface area contributed by atoms with E-state index >= 15 is 0 Å². The maximum Gasteiger partial charge on any atom is 0.251 e. The van der Waals surface area contributed by atoms with Gasteiger partial charge in [-0.05, 0) is 43.9 Å². The molecule has 0 bridgehead atoms. The Morgan fingerprint density at radius 1 is 1.12 bits per heavy atom. The quantitative estimate of drug-likeness (QED) is 0.867. The summed E-state index contributed by atoms with van der Waals surface area (Å²) < 4.78 is 11.1. The van der Waals surface area contributed by atoms with E-state index in [4.69, 9.17) is 9.47 Å². The third-order valence-corrected chi connectivity index (χ3v) is 5.58. The van der Waals surface area contributed by atoms with E-state index in [0.29, 0.717) is 24.3 Å². The number of nitrogens with one attached hydrogen (secondary N) is 2. The van der Waals surface area contributed by atoms with Crippen LogP contribution in [-0.4, -0.2) is 57.4 Å². The molecule has 0 unspecified atom stereocenters. The first-order valence-electron chi connectivity index (χ1n) is 9.33. The number of nitrogens with zero attached hydrogens (tertiary/aromatic N) is 1. The van der Waals surface area contributed by atoms with Crippen molar-refractivity contribution in [2.24, 2.45) is 0 Å². The number of fused-ring (bicyclic) bond motifs is 1. The molecule has 1 amide bonds. The van der Waals surface area contributed by atoms with Crippen LogP contribution in [0.15, 0.2) is 18.2 Å². The molecule has 1 aliphatic carbocycles. The van der Waals surface area contributed by atoms with E-state index < -0.39 is 0 Å². The lowest BCUT2D eigenvalue weighted by Gasteiger charge is -2.41. The Balaban J connectivity index is 1.35. The molecule has 4 rings (SSSR count). The minimum absolute atomic E-state index is 0.0110. The third-order valence-electron chi connectivity index (χ3n) is 5.58. The van der Waals surface area contributed by atoms with Crippen molar-refractivity contribution in [3.8, 4) is 5.75 Å². The number of ether oxygens (including phenoxy) is 2. The molecule has 2 fully saturated rings. The van der Waals surface area contributed by atoms with Crippen molar-refractivity contribution in [2.45, 2.75) is 43.8 Å². The fourth-order valence-corrected chi connectivity index (χ4v) is 3.79. The number of hydrogen-bond acceptors (Lipinski definition) is 5. The Hall–Kier alpha value is -1.79. The lowest BCUT2D eigenvalue weighted by atomic mass is 9.85. The number of anilines is 1. The Bertz CT molecular complexity index is 630. The molecule has 2 heterocycles. The van der Waals surface area contributed by atoms with Gasteiger partial charge in [-0.2, -0.15) is 0 Å². The van der Waals surface area contributed by atoms with Crippen molar-refractivity contribution >= 4 is 11.6 Å². The summed E-state index contributed by atoms with van der Waals surface area (Å²) in [4.78, 5) is 14.8. The second kappa shape index (κ2) is 7.22. The molecule has 2 N–H and O–H groups in total. The summed E-state index contributed by atoms with van der Waals surface area (Å²) in [5, 5.41) is 6.88. The van der Waals surface area contributed by atoms with Gasteiger partial charge in [0, 0.05) is 44.0 Å². The zero-order valence-electron chi connectivity index (χ0n) is 14.8. The van der Waals surface area contributed by atoms with Gasteiger partial charge in [0.2, 0.25) is 0 Å². The van der Waals surface area contributed by atoms with Crippen LogP contribution in [0.2, 0.25) is 0 Å². The van der Waals surface area contributed by atoms with E-state index in [-0.39, 0.29) is 11.9 Å². The van der Waals surface area contributed by atoms with Crippen LogP contribution < -0.4 is 20.3 Å². The average molecular weight is 345 g/mol. The molecule has 6 heteroatoms. The van der Waals surface area contributed by atoms with Crippen molar-refractivity contribution in [3.63, 3.8) is 0 Å². The van der Waals surface area contributed by atoms with Crippen molar-refractivity contribution in [3.05, 3.63) is 23.8 Å². The summed E-state index contributed by atoms with van der Waals surface area (Å²) >= 11 is 0. The molecule has 0 radical (unpaired) electrons. The van der Waals surface area contributed by atoms with Gasteiger partial charge in [-0.25, -0.2) is 0 Å². The van der Waals surface area contributed by atoms with Gasteiger partial charge in [-0.15, -0.1) is 0 Å². The van der Waals surface area contributed by atoms with Crippen LogP contribution in [-0.2, 0) is 4.74 Å². The zero-order valence-corrected chi connectivity index (χ0v) is 14.8. The molecule has 0 aromatic heterocycles. The maximum absolute atomic E-state index is 12.6. The number of hydrogen-bond donors (Lipinski definition) is 2. The monoisotopic (exact) mass is 345 g/mol. The normalized spacial score (nSPS) is 26.4. The largest absolute Gasteiger partial charge is 0.490 e. The molecule has 0 spiro atoms. The molecule has 1 saturated heterocycles. The van der Waals surface area contributed by atoms with Crippen LogP contribution in [0.25, 0.3) is 0 Å². The van der Waals surface area contributed by atoms with E-state index in [1.54, 1.807) is 0 Å². The van der Waals surface area contributed by atoms with Gasteiger partial charge in [-0.1, -0.05) is 0 Å². The second-order valence-corrected chi connectivity index (χ2v) is 7.27. The summed E-state index contributed by atoms with van der Waals surface area (Å²) in [5.74, 6) is 0.787. The number of likely N-dealkylation sites (N-methyl/N-ethyl adjacent to an activating group) is 1. The Kier molecular flexibility index (Phi) is 4.81. The van der Waals surface area contributed by atoms with Crippen LogP contribution in [0.4, 0.5) is 5.69 Å². The van der Waals surface area contributed by atoms with Crippen molar-refractivity contribution in [1.82, 2.24) is 10.6 Å². The van der Waals surface area contributed by atoms with E-state index in [0.717, 1.165) is 56.9 Å². The molecule has 2 aliphatic heterocycles. The molecule has 136 valence electrons. The van der Waals surface area contributed by atoms with E-state index in [2.05, 4.69) is 15.5 Å². The lowest BCUT2D eigenvalue weighted by Crippen LogP contribution is -2.59. The Morgan fingerprint density at radius 3 is 2.68 bits per heavy atom. The number of carbonyl (C=O) groups excluding carboxylic acids is 1. The molecule has 3 aliphatic rings. The predicted octanol–water partition coefficient (Wildman–Crippen LogP) is 1.54. The van der Waals surface area contributed by atoms with Crippen LogP contribution in [0.5, 0.6) is 5.75 Å². The van der Waals surface area contributed by atoms with Gasteiger partial charge in [-0.3, -0.25) is 4.79 Å². The van der Waals surface area contributed by atoms with Gasteiger partial charge in [0.05, 0.1) is 12.2 Å². The van der Waals surface area contributed by atoms with E-state index in [1.807, 2.05) is 25.2 Å². The summed E-state index contributed by atoms with van der Waals surface area (Å²) in [7, 11) is 2.04. The molecular weight excluding hydrogens is 318 g/mol. The number of benzene rings is 1. The van der Waals surface area contributed by atoms with Gasteiger partial charge in [0.15, 0.2) is 0 Å². The number of amides is 1. The fraction of sp³-hybridized carbons (Fsp3) is 0.632. The summed E-state index contributed by atoms with van der Waals surface area (Å²) in [5.41, 5.74) is 1.72. The third kappa shape index (κ3) is 3.60. The summed E-state index contributed by atoms with van der Waals surface area (Å²) in [6.45, 7) is 3.21. The topological polar surface area (TPSA) is 62.8 Å². The molecule has 6 nitrogen and oxygen atoms in total. The van der Waals surface area contributed by atoms with Gasteiger partial charge in [0.1, 0.15) is 12.4 Å². The molecule has 25 heavy (non-hydrogen) atoms. The molecule has 2 atom stereocenters. The van der Waals surface area contributed by atoms with E-state index in [9.17, 15) is 4.79 Å². The van der Waals surface area contributed by atoms with Crippen LogP contribution >= 0.6 is 0 Å². The predicted molar refractivity (Wildman–Crippen MR) is 96.5 cm³/mol. The molecule has 1 aromatic rings. The van der Waals surface area contributed by atoms with Crippen LogP contribution in [0.3, 0.4) is 0 Å². The Labute approximate surface area is 148 Å². The van der Waals surface area contributed by atoms with Crippen molar-refractivity contribution in [2.75, 3.05) is 38.3 Å². The van der Waals surface area contributed by atoms with Crippen LogP contribution in [0.1, 0.15) is 36.0 Å². The molecule has 1 saturated carbocycles. The van der Waals surface area contributed by atoms with Crippen molar-refractivity contribution < 1.29 is 14.3 Å². The Morgan fingerprint density at radius 2 is 1.92 bits per heavy atom. The highest BCUT2D eigenvalue weighted by Crippen LogP contribution is 2.31. The standard InChI is InChI=1S/C19H27N3O3/c1-22-8-11-25-18-12-13(2-5-17(18)22)19(23)21-16-4-3-15(16)20-14-6-9-24-10-7-14/h2,5,12,14-16,20H,3-4,6-11H2,1H3,(H,21,23)/t15-,16+/m1/s1. The SMILES string of the molecule is CN1CCOc2cc(C(=O)N[C@H]3CC[C@H]3NC3CCOCC3)ccc21. The minimum atomic E-state index is -0.0110. The van der Waals surface area contributed by atoms with Gasteiger partial charge >= 0.3 is 0 Å². The first-order chi connectivity index (χ1) is 12.2. The first kappa shape index (κ1) is 16.7. The van der Waals surface area contributed by atoms with Crippen molar-refractivity contribution in [1.29, 1.82) is 0 Å². The average Bonchev–Trinajstić information content (AvgIpc) is 2.64. The second-order valence-electron chi connectivity index (χ2n) is 7.27. The summed E-state index contributed by atoms with van der Waals surface area (Å²) in [6, 6.07) is 6.84. The highest BCUT2D eigenvalue weighted by molar-refractivity contribution is 5.95. The minimum Gasteiger partial charge on any atom is -0.490 e. The molecule has 1 aromatic carbocycles. The lowest BCUT2D eigenvalue weighted by molar-refractivity contribution is 0.0652.